The smallest absolute Gasteiger partial charge is 0.267 e. The summed E-state index contributed by atoms with van der Waals surface area (Å²) in [5, 5.41) is 0. The summed E-state index contributed by atoms with van der Waals surface area (Å²) in [5.41, 5.74) is -0.959. The van der Waals surface area contributed by atoms with E-state index in [1.54, 1.807) is 32.9 Å². The topological polar surface area (TPSA) is 38.8 Å². The van der Waals surface area contributed by atoms with E-state index >= 15 is 0 Å². The van der Waals surface area contributed by atoms with Crippen LogP contribution in [0.1, 0.15) is 20.3 Å². The van der Waals surface area contributed by atoms with Crippen LogP contribution in [0.15, 0.2) is 22.9 Å². The first kappa shape index (κ1) is 14.3. The summed E-state index contributed by atoms with van der Waals surface area (Å²) in [7, 11) is 3.29. The van der Waals surface area contributed by atoms with Gasteiger partial charge in [0.25, 0.3) is 5.91 Å². The molecule has 0 saturated heterocycles. The van der Waals surface area contributed by atoms with Crippen LogP contribution in [0.4, 0.5) is 0 Å². The van der Waals surface area contributed by atoms with Gasteiger partial charge >= 0.3 is 0 Å². The highest BCUT2D eigenvalue weighted by molar-refractivity contribution is 9.11. The largest absolute Gasteiger partial charge is 0.477 e. The van der Waals surface area contributed by atoms with E-state index in [1.165, 1.54) is 0 Å². The average Bonchev–Trinajstić information content (AvgIpc) is 2.28. The number of methoxy groups -OCH3 is 1. The van der Waals surface area contributed by atoms with Crippen molar-refractivity contribution >= 4 is 21.8 Å². The molecule has 17 heavy (non-hydrogen) atoms. The number of allylic oxidation sites excluding steroid dienone is 1. The number of hydrogen-bond donors (Lipinski definition) is 0. The number of carbonyl (C=O) groups is 1. The Morgan fingerprint density at radius 1 is 1.65 bits per heavy atom. The Bertz CT molecular complexity index is 363. The lowest BCUT2D eigenvalue weighted by atomic mass is 10.1. The molecule has 0 spiro atoms. The maximum Gasteiger partial charge on any atom is 0.267 e. The van der Waals surface area contributed by atoms with E-state index in [1.807, 2.05) is 6.08 Å². The SMILES string of the molecule is C=C1OC(C)(C)C(=O)N(C)C(OC)C/C=C\1Br. The molecule has 96 valence electrons. The Labute approximate surface area is 110 Å². The number of nitrogens with zero attached hydrogens (tertiary/aromatic N) is 1. The van der Waals surface area contributed by atoms with Crippen LogP contribution in [0.3, 0.4) is 0 Å². The third kappa shape index (κ3) is 3.10. The second-order valence-electron chi connectivity index (χ2n) is 4.43. The molecule has 0 aromatic carbocycles. The third-order valence-electron chi connectivity index (χ3n) is 2.68. The summed E-state index contributed by atoms with van der Waals surface area (Å²) in [6.07, 6.45) is 2.17. The average molecular weight is 304 g/mol. The fraction of sp³-hybridized carbons (Fsp3) is 0.583. The second kappa shape index (κ2) is 5.23. The van der Waals surface area contributed by atoms with Crippen molar-refractivity contribution in [3.05, 3.63) is 22.9 Å². The summed E-state index contributed by atoms with van der Waals surface area (Å²) in [6, 6.07) is 0. The molecular formula is C12H18BrNO3. The lowest BCUT2D eigenvalue weighted by Crippen LogP contribution is -2.49. The van der Waals surface area contributed by atoms with E-state index in [0.29, 0.717) is 12.2 Å². The van der Waals surface area contributed by atoms with Gasteiger partial charge in [-0.3, -0.25) is 4.79 Å². The summed E-state index contributed by atoms with van der Waals surface area (Å²) in [4.78, 5) is 13.8. The molecule has 1 heterocycles. The molecule has 1 rings (SSSR count). The molecule has 0 radical (unpaired) electrons. The lowest BCUT2D eigenvalue weighted by molar-refractivity contribution is -0.158. The Balaban J connectivity index is 3.11. The van der Waals surface area contributed by atoms with Crippen molar-refractivity contribution < 1.29 is 14.3 Å². The molecule has 0 aliphatic carbocycles. The Morgan fingerprint density at radius 3 is 2.76 bits per heavy atom. The maximum absolute atomic E-state index is 12.2. The van der Waals surface area contributed by atoms with E-state index in [2.05, 4.69) is 22.5 Å². The highest BCUT2D eigenvalue weighted by atomic mass is 79.9. The van der Waals surface area contributed by atoms with Gasteiger partial charge in [0.1, 0.15) is 12.0 Å². The van der Waals surface area contributed by atoms with Gasteiger partial charge in [0, 0.05) is 20.6 Å². The van der Waals surface area contributed by atoms with Crippen LogP contribution in [-0.4, -0.2) is 36.8 Å². The maximum atomic E-state index is 12.2. The van der Waals surface area contributed by atoms with Crippen molar-refractivity contribution in [3.8, 4) is 0 Å². The molecule has 1 aliphatic heterocycles. The quantitative estimate of drug-likeness (QED) is 0.747. The zero-order valence-electron chi connectivity index (χ0n) is 10.6. The number of carbonyl (C=O) groups excluding carboxylic acids is 1. The first-order valence-corrected chi connectivity index (χ1v) is 6.13. The highest BCUT2D eigenvalue weighted by Gasteiger charge is 2.36. The van der Waals surface area contributed by atoms with Gasteiger partial charge in [-0.1, -0.05) is 12.7 Å². The van der Waals surface area contributed by atoms with Crippen LogP contribution in [0, 0.1) is 0 Å². The van der Waals surface area contributed by atoms with Gasteiger partial charge in [-0.2, -0.15) is 0 Å². The van der Waals surface area contributed by atoms with Gasteiger partial charge in [0.15, 0.2) is 5.60 Å². The zero-order chi connectivity index (χ0) is 13.2. The van der Waals surface area contributed by atoms with Crippen LogP contribution in [-0.2, 0) is 14.3 Å². The Hall–Kier alpha value is -0.810. The van der Waals surface area contributed by atoms with Crippen LogP contribution in [0.5, 0.6) is 0 Å². The molecule has 0 aromatic heterocycles. The molecule has 0 saturated carbocycles. The fourth-order valence-electron chi connectivity index (χ4n) is 1.69. The van der Waals surface area contributed by atoms with Crippen molar-refractivity contribution in [2.45, 2.75) is 32.1 Å². The first-order chi connectivity index (χ1) is 7.79. The number of rotatable bonds is 1. The minimum atomic E-state index is -0.959. The number of likely N-dealkylation sites (N-methyl/N-ethyl adjacent to an activating group) is 1. The summed E-state index contributed by atoms with van der Waals surface area (Å²) >= 11 is 3.37. The van der Waals surface area contributed by atoms with E-state index < -0.39 is 5.60 Å². The third-order valence-corrected chi connectivity index (χ3v) is 3.45. The monoisotopic (exact) mass is 303 g/mol. The van der Waals surface area contributed by atoms with Gasteiger partial charge in [-0.15, -0.1) is 0 Å². The summed E-state index contributed by atoms with van der Waals surface area (Å²) < 4.78 is 11.6. The molecule has 0 fully saturated rings. The molecule has 4 nitrogen and oxygen atoms in total. The summed E-state index contributed by atoms with van der Waals surface area (Å²) in [6.45, 7) is 7.23. The standard InChI is InChI=1S/C12H18BrNO3/c1-8-9(13)6-7-10(16-5)14(4)11(15)12(2,3)17-8/h6,10H,1,7H2,2-5H3/b9-6+. The first-order valence-electron chi connectivity index (χ1n) is 5.33. The van der Waals surface area contributed by atoms with Gasteiger partial charge in [-0.25, -0.2) is 0 Å². The van der Waals surface area contributed by atoms with Gasteiger partial charge < -0.3 is 14.4 Å². The highest BCUT2D eigenvalue weighted by Crippen LogP contribution is 2.28. The molecule has 0 N–H and O–H groups in total. The van der Waals surface area contributed by atoms with Gasteiger partial charge in [0.2, 0.25) is 0 Å². The van der Waals surface area contributed by atoms with Crippen LogP contribution in [0.2, 0.25) is 0 Å². The summed E-state index contributed by atoms with van der Waals surface area (Å²) in [5.74, 6) is 0.314. The molecule has 1 unspecified atom stereocenters. The molecular weight excluding hydrogens is 286 g/mol. The van der Waals surface area contributed by atoms with Crippen molar-refractivity contribution in [2.75, 3.05) is 14.2 Å². The number of ether oxygens (including phenoxy) is 2. The lowest BCUT2D eigenvalue weighted by Gasteiger charge is -2.33. The number of hydrogen-bond acceptors (Lipinski definition) is 3. The molecule has 5 heteroatoms. The molecule has 1 atom stereocenters. The van der Waals surface area contributed by atoms with Crippen molar-refractivity contribution in [2.24, 2.45) is 0 Å². The van der Waals surface area contributed by atoms with E-state index in [4.69, 9.17) is 9.47 Å². The van der Waals surface area contributed by atoms with Gasteiger partial charge in [-0.05, 0) is 29.8 Å². The van der Waals surface area contributed by atoms with Crippen LogP contribution >= 0.6 is 15.9 Å². The Kier molecular flexibility index (Phi) is 4.38. The molecule has 0 aromatic rings. The van der Waals surface area contributed by atoms with Crippen LogP contribution in [0.25, 0.3) is 0 Å². The molecule has 0 bridgehead atoms. The fourth-order valence-corrected chi connectivity index (χ4v) is 1.95. The van der Waals surface area contributed by atoms with Crippen molar-refractivity contribution in [1.29, 1.82) is 0 Å². The number of amides is 1. The zero-order valence-corrected chi connectivity index (χ0v) is 12.2. The van der Waals surface area contributed by atoms with Crippen LogP contribution < -0.4 is 0 Å². The van der Waals surface area contributed by atoms with Crippen molar-refractivity contribution in [3.63, 3.8) is 0 Å². The Morgan fingerprint density at radius 2 is 2.24 bits per heavy atom. The molecule has 1 amide bonds. The normalized spacial score (nSPS) is 28.6. The number of halogens is 1. The van der Waals surface area contributed by atoms with E-state index in [0.717, 1.165) is 4.48 Å². The molecule has 1 aliphatic rings. The second-order valence-corrected chi connectivity index (χ2v) is 5.28. The van der Waals surface area contributed by atoms with E-state index in [9.17, 15) is 4.79 Å². The predicted molar refractivity (Wildman–Crippen MR) is 69.5 cm³/mol. The van der Waals surface area contributed by atoms with Gasteiger partial charge in [0.05, 0.1) is 4.48 Å². The van der Waals surface area contributed by atoms with E-state index in [-0.39, 0.29) is 12.1 Å². The minimum absolute atomic E-state index is 0.138. The minimum Gasteiger partial charge on any atom is -0.477 e. The van der Waals surface area contributed by atoms with Crippen molar-refractivity contribution in [1.82, 2.24) is 4.90 Å². The predicted octanol–water partition coefficient (Wildman–Crippen LogP) is 2.41.